The van der Waals surface area contributed by atoms with Gasteiger partial charge in [-0.25, -0.2) is 13.1 Å². The zero-order chi connectivity index (χ0) is 17.0. The standard InChI is InChI=1S/C14H20ClN3O4S/c1-2-8-17-9-6-11(7-10-17)16-23(21,22)14-12(15)4-3-5-13(14)18(19)20/h3-5,11,16H,2,6-10H2,1H3. The zero-order valence-corrected chi connectivity index (χ0v) is 14.4. The molecule has 1 fully saturated rings. The maximum Gasteiger partial charge on any atom is 0.290 e. The van der Waals surface area contributed by atoms with Crippen molar-refractivity contribution in [3.05, 3.63) is 33.3 Å². The van der Waals surface area contributed by atoms with Gasteiger partial charge in [0.25, 0.3) is 5.69 Å². The lowest BCUT2D eigenvalue weighted by atomic mass is 10.1. The highest BCUT2D eigenvalue weighted by atomic mass is 35.5. The summed E-state index contributed by atoms with van der Waals surface area (Å²) in [5.41, 5.74) is -0.506. The number of hydrogen-bond donors (Lipinski definition) is 1. The molecule has 0 aliphatic carbocycles. The summed E-state index contributed by atoms with van der Waals surface area (Å²) in [7, 11) is -4.04. The van der Waals surface area contributed by atoms with Crippen molar-refractivity contribution in [1.82, 2.24) is 9.62 Å². The van der Waals surface area contributed by atoms with Crippen LogP contribution in [0.1, 0.15) is 26.2 Å². The molecule has 128 valence electrons. The molecule has 2 rings (SSSR count). The maximum atomic E-state index is 12.5. The number of piperidine rings is 1. The van der Waals surface area contributed by atoms with E-state index in [1.54, 1.807) is 0 Å². The third kappa shape index (κ3) is 4.41. The smallest absolute Gasteiger partial charge is 0.290 e. The molecular weight excluding hydrogens is 342 g/mol. The van der Waals surface area contributed by atoms with E-state index in [4.69, 9.17) is 11.6 Å². The first-order chi connectivity index (χ1) is 10.8. The number of sulfonamides is 1. The van der Waals surface area contributed by atoms with E-state index in [1.807, 2.05) is 0 Å². The lowest BCUT2D eigenvalue weighted by Gasteiger charge is -2.31. The predicted octanol–water partition coefficient (Wildman–Crippen LogP) is 2.40. The molecule has 1 N–H and O–H groups in total. The van der Waals surface area contributed by atoms with Crippen molar-refractivity contribution in [3.8, 4) is 0 Å². The number of hydrogen-bond acceptors (Lipinski definition) is 5. The van der Waals surface area contributed by atoms with E-state index >= 15 is 0 Å². The van der Waals surface area contributed by atoms with Crippen molar-refractivity contribution < 1.29 is 13.3 Å². The highest BCUT2D eigenvalue weighted by Crippen LogP contribution is 2.31. The van der Waals surface area contributed by atoms with Crippen LogP contribution in [0.15, 0.2) is 23.1 Å². The number of benzene rings is 1. The molecule has 0 spiro atoms. The molecule has 1 saturated heterocycles. The highest BCUT2D eigenvalue weighted by Gasteiger charge is 2.31. The molecule has 0 bridgehead atoms. The third-order valence-corrected chi connectivity index (χ3v) is 5.90. The largest absolute Gasteiger partial charge is 0.303 e. The molecule has 1 aromatic rings. The number of likely N-dealkylation sites (tertiary alicyclic amines) is 1. The molecule has 0 radical (unpaired) electrons. The average Bonchev–Trinajstić information content (AvgIpc) is 2.48. The molecule has 0 aromatic heterocycles. The molecule has 23 heavy (non-hydrogen) atoms. The van der Waals surface area contributed by atoms with Gasteiger partial charge in [-0.05, 0) is 45.0 Å². The summed E-state index contributed by atoms with van der Waals surface area (Å²) in [5.74, 6) is 0. The summed E-state index contributed by atoms with van der Waals surface area (Å²) in [6, 6.07) is 3.61. The van der Waals surface area contributed by atoms with Crippen molar-refractivity contribution in [2.75, 3.05) is 19.6 Å². The molecule has 1 aromatic carbocycles. The molecule has 1 aliphatic heterocycles. The molecule has 0 saturated carbocycles. The Morgan fingerprint density at radius 3 is 2.61 bits per heavy atom. The summed E-state index contributed by atoms with van der Waals surface area (Å²) in [4.78, 5) is 12.2. The minimum absolute atomic E-state index is 0.143. The van der Waals surface area contributed by atoms with Crippen LogP contribution < -0.4 is 4.72 Å². The van der Waals surface area contributed by atoms with Gasteiger partial charge in [-0.1, -0.05) is 24.6 Å². The summed E-state index contributed by atoms with van der Waals surface area (Å²) in [5, 5.41) is 10.9. The molecule has 1 aliphatic rings. The number of rotatable bonds is 6. The van der Waals surface area contributed by atoms with Gasteiger partial charge in [0.2, 0.25) is 10.0 Å². The fraction of sp³-hybridized carbons (Fsp3) is 0.571. The van der Waals surface area contributed by atoms with Gasteiger partial charge < -0.3 is 4.90 Å². The number of nitrogens with one attached hydrogen (secondary N) is 1. The molecule has 7 nitrogen and oxygen atoms in total. The number of nitrogens with zero attached hydrogens (tertiary/aromatic N) is 2. The van der Waals surface area contributed by atoms with Gasteiger partial charge in [-0.2, -0.15) is 0 Å². The van der Waals surface area contributed by atoms with Gasteiger partial charge in [0, 0.05) is 12.1 Å². The number of nitro benzene ring substituents is 1. The molecule has 0 amide bonds. The van der Waals surface area contributed by atoms with E-state index in [-0.39, 0.29) is 11.1 Å². The van der Waals surface area contributed by atoms with E-state index in [0.29, 0.717) is 12.8 Å². The van der Waals surface area contributed by atoms with Gasteiger partial charge in [-0.3, -0.25) is 10.1 Å². The lowest BCUT2D eigenvalue weighted by Crippen LogP contribution is -2.44. The van der Waals surface area contributed by atoms with Gasteiger partial charge in [0.1, 0.15) is 0 Å². The Hall–Kier alpha value is -1.22. The minimum Gasteiger partial charge on any atom is -0.303 e. The van der Waals surface area contributed by atoms with E-state index in [0.717, 1.165) is 32.1 Å². The van der Waals surface area contributed by atoms with Gasteiger partial charge in [0.05, 0.1) is 9.95 Å². The van der Waals surface area contributed by atoms with Crippen molar-refractivity contribution in [2.45, 2.75) is 37.1 Å². The zero-order valence-electron chi connectivity index (χ0n) is 12.9. The third-order valence-electron chi connectivity index (χ3n) is 3.86. The number of halogens is 1. The Morgan fingerprint density at radius 1 is 1.39 bits per heavy atom. The minimum atomic E-state index is -4.04. The van der Waals surface area contributed by atoms with Crippen LogP contribution >= 0.6 is 11.6 Å². The van der Waals surface area contributed by atoms with E-state index < -0.39 is 25.5 Å². The second-order valence-corrected chi connectivity index (χ2v) is 7.64. The van der Waals surface area contributed by atoms with Crippen LogP contribution in [0.4, 0.5) is 5.69 Å². The van der Waals surface area contributed by atoms with Crippen molar-refractivity contribution in [2.24, 2.45) is 0 Å². The van der Waals surface area contributed by atoms with E-state index in [2.05, 4.69) is 16.5 Å². The molecule has 9 heteroatoms. The van der Waals surface area contributed by atoms with Crippen LogP contribution in [0, 0.1) is 10.1 Å². The Bertz CT molecular complexity index is 673. The van der Waals surface area contributed by atoms with Crippen molar-refractivity contribution in [3.63, 3.8) is 0 Å². The SMILES string of the molecule is CCCN1CCC(NS(=O)(=O)c2c(Cl)cccc2[N+](=O)[O-])CC1. The quantitative estimate of drug-likeness (QED) is 0.620. The summed E-state index contributed by atoms with van der Waals surface area (Å²) >= 11 is 5.91. The van der Waals surface area contributed by atoms with Crippen LogP contribution in [0.5, 0.6) is 0 Å². The Labute approximate surface area is 140 Å². The van der Waals surface area contributed by atoms with Crippen LogP contribution in [-0.4, -0.2) is 43.9 Å². The normalized spacial score (nSPS) is 17.3. The van der Waals surface area contributed by atoms with Crippen molar-refractivity contribution >= 4 is 27.3 Å². The highest BCUT2D eigenvalue weighted by molar-refractivity contribution is 7.89. The topological polar surface area (TPSA) is 92.6 Å². The lowest BCUT2D eigenvalue weighted by molar-refractivity contribution is -0.387. The van der Waals surface area contributed by atoms with Crippen LogP contribution in [0.3, 0.4) is 0 Å². The first kappa shape index (κ1) is 18.1. The van der Waals surface area contributed by atoms with Gasteiger partial charge in [0.15, 0.2) is 4.90 Å². The van der Waals surface area contributed by atoms with Crippen LogP contribution in [0.2, 0.25) is 5.02 Å². The summed E-state index contributed by atoms with van der Waals surface area (Å²) in [6.07, 6.45) is 2.41. The second kappa shape index (κ2) is 7.57. The Balaban J connectivity index is 2.16. The van der Waals surface area contributed by atoms with Gasteiger partial charge in [-0.15, -0.1) is 0 Å². The monoisotopic (exact) mass is 361 g/mol. The Morgan fingerprint density at radius 2 is 2.04 bits per heavy atom. The summed E-state index contributed by atoms with van der Waals surface area (Å²) in [6.45, 7) is 4.72. The van der Waals surface area contributed by atoms with Crippen molar-refractivity contribution in [1.29, 1.82) is 0 Å². The molecular formula is C14H20ClN3O4S. The fourth-order valence-electron chi connectivity index (χ4n) is 2.78. The first-order valence-electron chi connectivity index (χ1n) is 7.52. The molecule has 1 heterocycles. The molecule has 0 atom stereocenters. The fourth-order valence-corrected chi connectivity index (χ4v) is 4.79. The maximum absolute atomic E-state index is 12.5. The first-order valence-corrected chi connectivity index (χ1v) is 9.39. The average molecular weight is 362 g/mol. The van der Waals surface area contributed by atoms with E-state index in [1.165, 1.54) is 12.1 Å². The summed E-state index contributed by atoms with van der Waals surface area (Å²) < 4.78 is 27.6. The van der Waals surface area contributed by atoms with Crippen LogP contribution in [0.25, 0.3) is 0 Å². The van der Waals surface area contributed by atoms with Crippen LogP contribution in [-0.2, 0) is 10.0 Å². The predicted molar refractivity (Wildman–Crippen MR) is 88.2 cm³/mol. The Kier molecular flexibility index (Phi) is 5.96. The second-order valence-electron chi connectivity index (χ2n) is 5.58. The number of nitro groups is 1. The van der Waals surface area contributed by atoms with E-state index in [9.17, 15) is 18.5 Å². The molecule has 0 unspecified atom stereocenters. The van der Waals surface area contributed by atoms with Gasteiger partial charge >= 0.3 is 0 Å².